The van der Waals surface area contributed by atoms with Crippen LogP contribution in [-0.2, 0) is 24.0 Å². The summed E-state index contributed by atoms with van der Waals surface area (Å²) in [6.07, 6.45) is 2.83. The van der Waals surface area contributed by atoms with Gasteiger partial charge >= 0.3 is 29.9 Å². The van der Waals surface area contributed by atoms with Crippen molar-refractivity contribution in [3.8, 4) is 0 Å². The molecule has 0 aromatic carbocycles. The number of carboxylic acid groups (broad SMARTS) is 4. The molecular weight excluding hydrogens is 468 g/mol. The summed E-state index contributed by atoms with van der Waals surface area (Å²) in [6.45, 7) is 2.23. The van der Waals surface area contributed by atoms with Gasteiger partial charge in [0.05, 0.1) is 6.54 Å². The number of carbonyl (C=O) groups is 6. The first-order valence-corrected chi connectivity index (χ1v) is 11.4. The van der Waals surface area contributed by atoms with E-state index in [2.05, 4.69) is 16.0 Å². The molecule has 0 aliphatic rings. The molecule has 0 fully saturated rings. The Morgan fingerprint density at radius 1 is 0.657 bits per heavy atom. The van der Waals surface area contributed by atoms with Crippen LogP contribution in [0.2, 0.25) is 0 Å². The Hall–Kier alpha value is -3.42. The third-order valence-corrected chi connectivity index (χ3v) is 4.97. The van der Waals surface area contributed by atoms with E-state index in [1.54, 1.807) is 0 Å². The van der Waals surface area contributed by atoms with E-state index >= 15 is 0 Å². The lowest BCUT2D eigenvalue weighted by molar-refractivity contribution is -0.142. The van der Waals surface area contributed by atoms with Gasteiger partial charge in [0.25, 0.3) is 0 Å². The van der Waals surface area contributed by atoms with Crippen molar-refractivity contribution in [2.45, 2.75) is 82.8 Å². The average molecular weight is 505 g/mol. The van der Waals surface area contributed by atoms with Crippen LogP contribution in [0, 0.1) is 0 Å². The molecule has 0 bridgehead atoms. The highest BCUT2D eigenvalue weighted by Gasteiger charge is 2.24. The quantitative estimate of drug-likeness (QED) is 0.103. The van der Waals surface area contributed by atoms with Gasteiger partial charge in [-0.3, -0.25) is 9.59 Å². The van der Waals surface area contributed by atoms with Crippen LogP contribution < -0.4 is 21.3 Å². The first-order valence-electron chi connectivity index (χ1n) is 11.4. The van der Waals surface area contributed by atoms with Gasteiger partial charge in [-0.25, -0.2) is 19.2 Å². The molecular formula is C21H36N4O10. The minimum Gasteiger partial charge on any atom is -0.481 e. The van der Waals surface area contributed by atoms with E-state index in [1.807, 2.05) is 12.2 Å². The molecule has 0 aromatic heterocycles. The van der Waals surface area contributed by atoms with Crippen molar-refractivity contribution in [3.63, 3.8) is 0 Å². The van der Waals surface area contributed by atoms with Gasteiger partial charge in [-0.1, -0.05) is 26.2 Å². The molecule has 0 spiro atoms. The second-order valence-electron chi connectivity index (χ2n) is 7.96. The molecule has 3 unspecified atom stereocenters. The number of aliphatic carboxylic acids is 4. The second-order valence-corrected chi connectivity index (χ2v) is 7.96. The monoisotopic (exact) mass is 504 g/mol. The van der Waals surface area contributed by atoms with Crippen LogP contribution in [0.1, 0.15) is 64.7 Å². The molecule has 0 aromatic rings. The molecule has 3 atom stereocenters. The summed E-state index contributed by atoms with van der Waals surface area (Å²) in [5.74, 6) is -5.57. The fraction of sp³-hybridized carbons (Fsp3) is 0.714. The van der Waals surface area contributed by atoms with E-state index < -0.39 is 60.4 Å². The lowest BCUT2D eigenvalue weighted by atomic mass is 10.1. The Morgan fingerprint density at radius 3 is 1.63 bits per heavy atom. The van der Waals surface area contributed by atoms with Crippen molar-refractivity contribution in [2.75, 3.05) is 13.1 Å². The fourth-order valence-corrected chi connectivity index (χ4v) is 3.04. The zero-order valence-corrected chi connectivity index (χ0v) is 19.7. The van der Waals surface area contributed by atoms with E-state index in [4.69, 9.17) is 10.2 Å². The summed E-state index contributed by atoms with van der Waals surface area (Å²) < 4.78 is 0. The maximum Gasteiger partial charge on any atom is 0.326 e. The Kier molecular flexibility index (Phi) is 16.2. The van der Waals surface area contributed by atoms with Gasteiger partial charge in [0, 0.05) is 6.42 Å². The van der Waals surface area contributed by atoms with Crippen molar-refractivity contribution < 1.29 is 49.2 Å². The standard InChI is InChI=1S/C21H36N4O10/c1-2-3-4-7-13(18(29)30)23-16(26)12-22-11-6-5-8-14(19(31)32)24-21(35)25-15(20(33)34)9-10-17(27)28/h13-15,22H,2-12H2,1H3,(H,23,26)(H,27,28)(H,29,30)(H,31,32)(H,33,34)(H2,24,25,35). The Morgan fingerprint density at radius 2 is 1.14 bits per heavy atom. The largest absolute Gasteiger partial charge is 0.481 e. The predicted octanol–water partition coefficient (Wildman–Crippen LogP) is -0.0336. The molecule has 3 amide bonds. The maximum atomic E-state index is 12.0. The van der Waals surface area contributed by atoms with E-state index in [9.17, 15) is 39.0 Å². The molecule has 14 heteroatoms. The van der Waals surface area contributed by atoms with Gasteiger partial charge in [-0.05, 0) is 38.6 Å². The summed E-state index contributed by atoms with van der Waals surface area (Å²) in [5.41, 5.74) is 0. The highest BCUT2D eigenvalue weighted by Crippen LogP contribution is 2.04. The number of nitrogens with one attached hydrogen (secondary N) is 4. The van der Waals surface area contributed by atoms with Crippen molar-refractivity contribution in [2.24, 2.45) is 0 Å². The van der Waals surface area contributed by atoms with Crippen LogP contribution in [0.3, 0.4) is 0 Å². The van der Waals surface area contributed by atoms with Crippen LogP contribution in [0.25, 0.3) is 0 Å². The summed E-state index contributed by atoms with van der Waals surface area (Å²) >= 11 is 0. The zero-order valence-electron chi connectivity index (χ0n) is 19.7. The number of urea groups is 1. The predicted molar refractivity (Wildman–Crippen MR) is 122 cm³/mol. The highest BCUT2D eigenvalue weighted by molar-refractivity contribution is 5.86. The zero-order chi connectivity index (χ0) is 26.8. The Bertz CT molecular complexity index is 731. The van der Waals surface area contributed by atoms with Crippen LogP contribution in [0.15, 0.2) is 0 Å². The summed E-state index contributed by atoms with van der Waals surface area (Å²) in [4.78, 5) is 68.2. The number of rotatable bonds is 20. The Balaban J connectivity index is 4.33. The number of carboxylic acids is 4. The minimum atomic E-state index is -1.48. The van der Waals surface area contributed by atoms with Crippen LogP contribution in [-0.4, -0.2) is 87.5 Å². The number of unbranched alkanes of at least 4 members (excludes halogenated alkanes) is 3. The molecule has 0 heterocycles. The molecule has 200 valence electrons. The van der Waals surface area contributed by atoms with Crippen molar-refractivity contribution in [3.05, 3.63) is 0 Å². The van der Waals surface area contributed by atoms with Gasteiger partial charge in [-0.2, -0.15) is 0 Å². The van der Waals surface area contributed by atoms with E-state index in [-0.39, 0.29) is 19.4 Å². The SMILES string of the molecule is CCCCCC(NC(=O)CNCCCCC(NC(=O)NC(CCC(=O)O)C(=O)O)C(=O)O)C(=O)O. The van der Waals surface area contributed by atoms with Crippen molar-refractivity contribution in [1.82, 2.24) is 21.3 Å². The first kappa shape index (κ1) is 31.6. The summed E-state index contributed by atoms with van der Waals surface area (Å²) in [6, 6.07) is -4.78. The molecule has 0 aliphatic heterocycles. The van der Waals surface area contributed by atoms with Crippen molar-refractivity contribution >= 4 is 35.8 Å². The Labute approximate surface area is 202 Å². The maximum absolute atomic E-state index is 12.0. The lowest BCUT2D eigenvalue weighted by Gasteiger charge is -2.18. The van der Waals surface area contributed by atoms with E-state index in [0.29, 0.717) is 32.2 Å². The highest BCUT2D eigenvalue weighted by atomic mass is 16.4. The third-order valence-electron chi connectivity index (χ3n) is 4.97. The third kappa shape index (κ3) is 15.9. The van der Waals surface area contributed by atoms with Crippen LogP contribution in [0.4, 0.5) is 4.79 Å². The molecule has 14 nitrogen and oxygen atoms in total. The van der Waals surface area contributed by atoms with Gasteiger partial charge in [0.1, 0.15) is 18.1 Å². The second kappa shape index (κ2) is 18.0. The molecule has 0 aliphatic carbocycles. The molecule has 8 N–H and O–H groups in total. The fourth-order valence-electron chi connectivity index (χ4n) is 3.04. The van der Waals surface area contributed by atoms with Crippen molar-refractivity contribution in [1.29, 1.82) is 0 Å². The van der Waals surface area contributed by atoms with Gasteiger partial charge in [0.15, 0.2) is 0 Å². The smallest absolute Gasteiger partial charge is 0.326 e. The molecule has 0 radical (unpaired) electrons. The minimum absolute atomic E-state index is 0.0298. The number of hydrogen-bond acceptors (Lipinski definition) is 7. The topological polar surface area (TPSA) is 231 Å². The first-order chi connectivity index (χ1) is 16.5. The van der Waals surface area contributed by atoms with E-state index in [0.717, 1.165) is 12.8 Å². The van der Waals surface area contributed by atoms with E-state index in [1.165, 1.54) is 0 Å². The molecule has 0 saturated heterocycles. The van der Waals surface area contributed by atoms with Crippen LogP contribution in [0.5, 0.6) is 0 Å². The molecule has 0 rings (SSSR count). The van der Waals surface area contributed by atoms with Gasteiger partial charge in [0.2, 0.25) is 5.91 Å². The number of amides is 3. The lowest BCUT2D eigenvalue weighted by Crippen LogP contribution is -2.51. The van der Waals surface area contributed by atoms with Gasteiger partial charge < -0.3 is 41.7 Å². The number of hydrogen-bond donors (Lipinski definition) is 8. The van der Waals surface area contributed by atoms with Gasteiger partial charge in [-0.15, -0.1) is 0 Å². The summed E-state index contributed by atoms with van der Waals surface area (Å²) in [5, 5.41) is 45.6. The average Bonchev–Trinajstić information content (AvgIpc) is 2.76. The molecule has 35 heavy (non-hydrogen) atoms. The summed E-state index contributed by atoms with van der Waals surface area (Å²) in [7, 11) is 0. The number of carbonyl (C=O) groups excluding carboxylic acids is 2. The normalized spacial score (nSPS) is 13.2. The molecule has 0 saturated carbocycles. The van der Waals surface area contributed by atoms with Crippen LogP contribution >= 0.6 is 0 Å².